The Kier molecular flexibility index (Phi) is 5.24. The van der Waals surface area contributed by atoms with E-state index in [1.54, 1.807) is 6.07 Å². The fourth-order valence-corrected chi connectivity index (χ4v) is 3.37. The zero-order chi connectivity index (χ0) is 21.1. The van der Waals surface area contributed by atoms with Crippen molar-refractivity contribution in [3.05, 3.63) is 71.6 Å². The molecule has 150 valence electrons. The van der Waals surface area contributed by atoms with E-state index in [4.69, 9.17) is 5.73 Å². The largest absolute Gasteiger partial charge is 0.391 e. The maximum Gasteiger partial charge on any atom is 0.149 e. The number of aromatic nitrogens is 4. The molecule has 0 spiro atoms. The molecule has 0 aliphatic rings. The Morgan fingerprint density at radius 3 is 2.70 bits per heavy atom. The van der Waals surface area contributed by atoms with Gasteiger partial charge in [-0.15, -0.1) is 0 Å². The van der Waals surface area contributed by atoms with Crippen molar-refractivity contribution in [3.63, 3.8) is 0 Å². The number of rotatable bonds is 6. The van der Waals surface area contributed by atoms with E-state index in [0.717, 1.165) is 5.69 Å². The summed E-state index contributed by atoms with van der Waals surface area (Å²) in [7, 11) is 0. The number of hydrogen-bond acceptors (Lipinski definition) is 7. The predicted octanol–water partition coefficient (Wildman–Crippen LogP) is 2.56. The lowest BCUT2D eigenvalue weighted by Gasteiger charge is -2.12. The fourth-order valence-electron chi connectivity index (χ4n) is 3.37. The van der Waals surface area contributed by atoms with Gasteiger partial charge in [0, 0.05) is 24.2 Å². The Morgan fingerprint density at radius 2 is 1.97 bits per heavy atom. The minimum Gasteiger partial charge on any atom is -0.391 e. The summed E-state index contributed by atoms with van der Waals surface area (Å²) in [6.07, 6.45) is 1.73. The van der Waals surface area contributed by atoms with E-state index in [-0.39, 0.29) is 16.9 Å². The normalized spacial score (nSPS) is 10.8. The summed E-state index contributed by atoms with van der Waals surface area (Å²) in [5, 5.41) is 22.1. The quantitative estimate of drug-likeness (QED) is 0.452. The number of nitrogen functional groups attached to an aromatic ring is 1. The molecular weight excluding hydrogens is 385 g/mol. The van der Waals surface area contributed by atoms with Gasteiger partial charge < -0.3 is 16.2 Å². The van der Waals surface area contributed by atoms with Crippen LogP contribution in [0, 0.1) is 17.1 Å². The smallest absolute Gasteiger partial charge is 0.149 e. The molecule has 0 aliphatic carbocycles. The minimum atomic E-state index is -0.484. The monoisotopic (exact) mass is 403 g/mol. The van der Waals surface area contributed by atoms with E-state index >= 15 is 0 Å². The van der Waals surface area contributed by atoms with Gasteiger partial charge in [0.2, 0.25) is 0 Å². The van der Waals surface area contributed by atoms with E-state index in [2.05, 4.69) is 20.3 Å². The van der Waals surface area contributed by atoms with Crippen molar-refractivity contribution in [1.29, 1.82) is 5.26 Å². The van der Waals surface area contributed by atoms with Crippen molar-refractivity contribution < 1.29 is 9.50 Å². The molecule has 0 bridgehead atoms. The number of nitrogens with one attached hydrogen (secondary N) is 1. The molecule has 0 fully saturated rings. The number of anilines is 2. The predicted molar refractivity (Wildman–Crippen MR) is 110 cm³/mol. The van der Waals surface area contributed by atoms with Gasteiger partial charge in [0.15, 0.2) is 0 Å². The number of aliphatic hydroxyl groups is 1. The average Bonchev–Trinajstić information content (AvgIpc) is 3.13. The number of imidazole rings is 1. The molecular formula is C21H18FN7O. The SMILES string of the molecule is N#Cc1c(N)ncnc1NCCc1nc2ccc(F)c(CO)c2n1-c1ccccc1. The summed E-state index contributed by atoms with van der Waals surface area (Å²) >= 11 is 0. The molecule has 4 rings (SSSR count). The number of nitrogens with zero attached hydrogens (tertiary/aromatic N) is 5. The third-order valence-corrected chi connectivity index (χ3v) is 4.74. The Bertz CT molecular complexity index is 1250. The fraction of sp³-hybridized carbons (Fsp3) is 0.143. The number of benzene rings is 2. The first kappa shape index (κ1) is 19.3. The standard InChI is InChI=1S/C21H18FN7O/c22-16-6-7-17-19(15(16)11-30)29(13-4-2-1-3-5-13)18(28-17)8-9-25-21-14(10-23)20(24)26-12-27-21/h1-7,12,30H,8-9,11H2,(H3,24,25,26,27). The molecule has 2 aromatic heterocycles. The Hall–Kier alpha value is -4.03. The van der Waals surface area contributed by atoms with Crippen molar-refractivity contribution in [2.75, 3.05) is 17.6 Å². The molecule has 4 aromatic rings. The second-order valence-corrected chi connectivity index (χ2v) is 6.52. The van der Waals surface area contributed by atoms with E-state index in [9.17, 15) is 14.8 Å². The molecule has 0 unspecified atom stereocenters. The van der Waals surface area contributed by atoms with E-state index in [1.807, 2.05) is 41.0 Å². The molecule has 0 aliphatic heterocycles. The van der Waals surface area contributed by atoms with Crippen molar-refractivity contribution in [2.45, 2.75) is 13.0 Å². The molecule has 8 nitrogen and oxygen atoms in total. The van der Waals surface area contributed by atoms with Crippen LogP contribution in [0.2, 0.25) is 0 Å². The number of nitrogens with two attached hydrogens (primary N) is 1. The zero-order valence-corrected chi connectivity index (χ0v) is 15.9. The Labute approximate surface area is 171 Å². The van der Waals surface area contributed by atoms with Crippen LogP contribution in [0.25, 0.3) is 16.7 Å². The lowest BCUT2D eigenvalue weighted by atomic mass is 10.1. The van der Waals surface area contributed by atoms with Crippen LogP contribution in [-0.2, 0) is 13.0 Å². The van der Waals surface area contributed by atoms with Crippen molar-refractivity contribution in [3.8, 4) is 11.8 Å². The van der Waals surface area contributed by atoms with Crippen LogP contribution in [0.1, 0.15) is 17.0 Å². The third-order valence-electron chi connectivity index (χ3n) is 4.74. The molecule has 0 amide bonds. The second kappa shape index (κ2) is 8.14. The highest BCUT2D eigenvalue weighted by Gasteiger charge is 2.18. The average molecular weight is 403 g/mol. The molecule has 0 saturated heterocycles. The van der Waals surface area contributed by atoms with Crippen LogP contribution in [0.3, 0.4) is 0 Å². The van der Waals surface area contributed by atoms with Gasteiger partial charge in [-0.3, -0.25) is 4.57 Å². The first-order chi connectivity index (χ1) is 14.6. The van der Waals surface area contributed by atoms with Gasteiger partial charge >= 0.3 is 0 Å². The summed E-state index contributed by atoms with van der Waals surface area (Å²) < 4.78 is 16.2. The molecule has 2 heterocycles. The molecule has 0 saturated carbocycles. The van der Waals surface area contributed by atoms with Crippen LogP contribution in [0.15, 0.2) is 48.8 Å². The molecule has 2 aromatic carbocycles. The van der Waals surface area contributed by atoms with Crippen LogP contribution >= 0.6 is 0 Å². The van der Waals surface area contributed by atoms with Crippen LogP contribution in [0.4, 0.5) is 16.0 Å². The first-order valence-corrected chi connectivity index (χ1v) is 9.23. The summed E-state index contributed by atoms with van der Waals surface area (Å²) in [5.41, 5.74) is 8.02. The highest BCUT2D eigenvalue weighted by atomic mass is 19.1. The maximum absolute atomic E-state index is 14.3. The highest BCUT2D eigenvalue weighted by Crippen LogP contribution is 2.27. The van der Waals surface area contributed by atoms with Crippen molar-refractivity contribution >= 4 is 22.7 Å². The zero-order valence-electron chi connectivity index (χ0n) is 15.9. The second-order valence-electron chi connectivity index (χ2n) is 6.52. The Morgan fingerprint density at radius 1 is 1.17 bits per heavy atom. The van der Waals surface area contributed by atoms with Crippen LogP contribution < -0.4 is 11.1 Å². The molecule has 0 radical (unpaired) electrons. The van der Waals surface area contributed by atoms with Crippen LogP contribution in [-0.4, -0.2) is 31.2 Å². The summed E-state index contributed by atoms with van der Waals surface area (Å²) in [6.45, 7) is -0.0383. The van der Waals surface area contributed by atoms with E-state index < -0.39 is 12.4 Å². The van der Waals surface area contributed by atoms with E-state index in [0.29, 0.717) is 35.6 Å². The lowest BCUT2D eigenvalue weighted by Crippen LogP contribution is -2.12. The molecule has 9 heteroatoms. The topological polar surface area (TPSA) is 126 Å². The number of para-hydroxylation sites is 1. The Balaban J connectivity index is 1.73. The van der Waals surface area contributed by atoms with Gasteiger partial charge in [0.25, 0.3) is 0 Å². The van der Waals surface area contributed by atoms with Crippen molar-refractivity contribution in [2.24, 2.45) is 0 Å². The van der Waals surface area contributed by atoms with Gasteiger partial charge in [-0.25, -0.2) is 19.3 Å². The van der Waals surface area contributed by atoms with Crippen LogP contribution in [0.5, 0.6) is 0 Å². The number of fused-ring (bicyclic) bond motifs is 1. The third kappa shape index (κ3) is 3.40. The summed E-state index contributed by atoms with van der Waals surface area (Å²) in [4.78, 5) is 12.5. The molecule has 30 heavy (non-hydrogen) atoms. The maximum atomic E-state index is 14.3. The minimum absolute atomic E-state index is 0.106. The summed E-state index contributed by atoms with van der Waals surface area (Å²) in [6, 6.07) is 14.3. The van der Waals surface area contributed by atoms with Gasteiger partial charge in [0.1, 0.15) is 41.2 Å². The molecule has 0 atom stereocenters. The number of aliphatic hydroxyl groups excluding tert-OH is 1. The number of halogens is 1. The van der Waals surface area contributed by atoms with Gasteiger partial charge in [-0.05, 0) is 24.3 Å². The molecule has 4 N–H and O–H groups in total. The number of nitriles is 1. The number of hydrogen-bond donors (Lipinski definition) is 3. The highest BCUT2D eigenvalue weighted by molar-refractivity contribution is 5.82. The first-order valence-electron chi connectivity index (χ1n) is 9.23. The van der Waals surface area contributed by atoms with Crippen molar-refractivity contribution in [1.82, 2.24) is 19.5 Å². The van der Waals surface area contributed by atoms with Gasteiger partial charge in [-0.1, -0.05) is 18.2 Å². The van der Waals surface area contributed by atoms with E-state index in [1.165, 1.54) is 12.4 Å². The van der Waals surface area contributed by atoms with Gasteiger partial charge in [-0.2, -0.15) is 5.26 Å². The lowest BCUT2D eigenvalue weighted by molar-refractivity contribution is 0.277. The van der Waals surface area contributed by atoms with Gasteiger partial charge in [0.05, 0.1) is 17.6 Å². The summed E-state index contributed by atoms with van der Waals surface area (Å²) in [5.74, 6) is 0.635.